The van der Waals surface area contributed by atoms with Crippen LogP contribution in [0, 0.1) is 20.8 Å². The Hall–Kier alpha value is -2.53. The quantitative estimate of drug-likeness (QED) is 0.556. The van der Waals surface area contributed by atoms with Crippen molar-refractivity contribution in [1.29, 1.82) is 0 Å². The maximum absolute atomic E-state index is 12.2. The van der Waals surface area contributed by atoms with Gasteiger partial charge in [-0.1, -0.05) is 17.7 Å². The predicted octanol–water partition coefficient (Wildman–Crippen LogP) is 4.45. The molecule has 3 aromatic rings. The van der Waals surface area contributed by atoms with Crippen LogP contribution >= 0.6 is 11.8 Å². The van der Waals surface area contributed by atoms with Gasteiger partial charge in [0, 0.05) is 28.1 Å². The summed E-state index contributed by atoms with van der Waals surface area (Å²) in [4.78, 5) is 24.8. The van der Waals surface area contributed by atoms with Gasteiger partial charge in [-0.25, -0.2) is 4.79 Å². The van der Waals surface area contributed by atoms with Crippen molar-refractivity contribution in [3.05, 3.63) is 69.6 Å². The molecule has 0 radical (unpaired) electrons. The maximum atomic E-state index is 12.2. The first kappa shape index (κ1) is 17.3. The lowest BCUT2D eigenvalue weighted by Crippen LogP contribution is -2.14. The number of amides is 1. The fraction of sp³-hybridized carbons (Fsp3) is 0.200. The van der Waals surface area contributed by atoms with Crippen molar-refractivity contribution in [2.24, 2.45) is 0 Å². The van der Waals surface area contributed by atoms with E-state index in [0.717, 1.165) is 15.8 Å². The number of carbonyl (C=O) groups is 1. The number of hydrogen-bond acceptors (Lipinski definition) is 4. The van der Waals surface area contributed by atoms with Crippen LogP contribution in [0.5, 0.6) is 0 Å². The molecule has 25 heavy (non-hydrogen) atoms. The van der Waals surface area contributed by atoms with E-state index in [0.29, 0.717) is 17.0 Å². The summed E-state index contributed by atoms with van der Waals surface area (Å²) >= 11 is 1.51. The molecular weight excluding hydrogens is 334 g/mol. The average Bonchev–Trinajstić information content (AvgIpc) is 2.53. The molecule has 0 bridgehead atoms. The van der Waals surface area contributed by atoms with E-state index in [9.17, 15) is 9.59 Å². The number of rotatable bonds is 4. The maximum Gasteiger partial charge on any atom is 0.336 e. The van der Waals surface area contributed by atoms with Gasteiger partial charge in [-0.15, -0.1) is 11.8 Å². The molecule has 5 heteroatoms. The lowest BCUT2D eigenvalue weighted by Gasteiger charge is -2.08. The van der Waals surface area contributed by atoms with Crippen LogP contribution in [0.2, 0.25) is 0 Å². The van der Waals surface area contributed by atoms with Crippen LogP contribution in [-0.4, -0.2) is 11.7 Å². The normalized spacial score (nSPS) is 10.8. The predicted molar refractivity (Wildman–Crippen MR) is 102 cm³/mol. The van der Waals surface area contributed by atoms with Gasteiger partial charge in [0.1, 0.15) is 5.58 Å². The standard InChI is InChI=1S/C20H19NO3S/c1-12-4-7-18(14(3)8-12)25-11-19(22)21-15-5-6-16-13(2)9-20(23)24-17(16)10-15/h4-10H,11H2,1-3H3,(H,21,22). The summed E-state index contributed by atoms with van der Waals surface area (Å²) in [5, 5.41) is 3.72. The second kappa shape index (κ2) is 7.15. The zero-order valence-corrected chi connectivity index (χ0v) is 15.2. The molecule has 1 N–H and O–H groups in total. The molecule has 4 nitrogen and oxygen atoms in total. The summed E-state index contributed by atoms with van der Waals surface area (Å²) in [6.07, 6.45) is 0. The molecule has 0 atom stereocenters. The van der Waals surface area contributed by atoms with Crippen molar-refractivity contribution in [3.8, 4) is 0 Å². The van der Waals surface area contributed by atoms with E-state index in [1.165, 1.54) is 29.0 Å². The number of hydrogen-bond donors (Lipinski definition) is 1. The Balaban J connectivity index is 1.70. The van der Waals surface area contributed by atoms with E-state index in [2.05, 4.69) is 11.4 Å². The number of anilines is 1. The van der Waals surface area contributed by atoms with E-state index in [4.69, 9.17) is 4.42 Å². The third-order valence-corrected chi connectivity index (χ3v) is 5.10. The van der Waals surface area contributed by atoms with Gasteiger partial charge in [0.15, 0.2) is 0 Å². The molecule has 0 unspecified atom stereocenters. The smallest absolute Gasteiger partial charge is 0.336 e. The van der Waals surface area contributed by atoms with Crippen LogP contribution in [0.4, 0.5) is 5.69 Å². The summed E-state index contributed by atoms with van der Waals surface area (Å²) in [5.74, 6) is 0.221. The molecule has 0 aliphatic rings. The molecule has 128 valence electrons. The molecule has 0 aliphatic carbocycles. The van der Waals surface area contributed by atoms with E-state index < -0.39 is 0 Å². The highest BCUT2D eigenvalue weighted by atomic mass is 32.2. The van der Waals surface area contributed by atoms with Gasteiger partial charge in [-0.2, -0.15) is 0 Å². The molecule has 1 heterocycles. The molecule has 1 aromatic heterocycles. The van der Waals surface area contributed by atoms with Crippen molar-refractivity contribution in [3.63, 3.8) is 0 Å². The van der Waals surface area contributed by atoms with E-state index in [-0.39, 0.29) is 11.5 Å². The summed E-state index contributed by atoms with van der Waals surface area (Å²) in [7, 11) is 0. The molecule has 0 spiro atoms. The van der Waals surface area contributed by atoms with Crippen molar-refractivity contribution >= 4 is 34.3 Å². The Morgan fingerprint density at radius 2 is 1.84 bits per heavy atom. The molecular formula is C20H19NO3S. The molecule has 3 rings (SSSR count). The molecule has 0 aliphatic heterocycles. The second-order valence-electron chi connectivity index (χ2n) is 6.07. The highest BCUT2D eigenvalue weighted by Gasteiger charge is 2.08. The number of aryl methyl sites for hydroxylation is 3. The average molecular weight is 353 g/mol. The largest absolute Gasteiger partial charge is 0.423 e. The van der Waals surface area contributed by atoms with Crippen molar-refractivity contribution in [1.82, 2.24) is 0 Å². The highest BCUT2D eigenvalue weighted by molar-refractivity contribution is 8.00. The van der Waals surface area contributed by atoms with Gasteiger partial charge >= 0.3 is 5.63 Å². The Morgan fingerprint density at radius 1 is 1.04 bits per heavy atom. The van der Waals surface area contributed by atoms with Crippen LogP contribution in [0.15, 0.2) is 56.6 Å². The van der Waals surface area contributed by atoms with Gasteiger partial charge in [0.25, 0.3) is 0 Å². The lowest BCUT2D eigenvalue weighted by molar-refractivity contribution is -0.113. The lowest BCUT2D eigenvalue weighted by atomic mass is 10.1. The Kier molecular flexibility index (Phi) is 4.95. The third-order valence-electron chi connectivity index (χ3n) is 3.92. The number of thioether (sulfide) groups is 1. The van der Waals surface area contributed by atoms with Gasteiger partial charge in [0.05, 0.1) is 5.75 Å². The topological polar surface area (TPSA) is 59.3 Å². The monoisotopic (exact) mass is 353 g/mol. The fourth-order valence-electron chi connectivity index (χ4n) is 2.70. The summed E-state index contributed by atoms with van der Waals surface area (Å²) in [6, 6.07) is 13.0. The first-order valence-corrected chi connectivity index (χ1v) is 8.95. The van der Waals surface area contributed by atoms with Crippen LogP contribution in [0.1, 0.15) is 16.7 Å². The molecule has 2 aromatic carbocycles. The minimum Gasteiger partial charge on any atom is -0.423 e. The molecule has 0 saturated heterocycles. The first-order valence-electron chi connectivity index (χ1n) is 7.97. The van der Waals surface area contributed by atoms with E-state index >= 15 is 0 Å². The van der Waals surface area contributed by atoms with Crippen molar-refractivity contribution < 1.29 is 9.21 Å². The number of benzene rings is 2. The minimum atomic E-state index is -0.390. The Labute approximate surface area is 150 Å². The summed E-state index contributed by atoms with van der Waals surface area (Å²) in [6.45, 7) is 5.95. The molecule has 1 amide bonds. The fourth-order valence-corrected chi connectivity index (χ4v) is 3.51. The molecule has 0 fully saturated rings. The van der Waals surface area contributed by atoms with Gasteiger partial charge in [-0.3, -0.25) is 4.79 Å². The van der Waals surface area contributed by atoms with Gasteiger partial charge in [0.2, 0.25) is 5.91 Å². The van der Waals surface area contributed by atoms with Gasteiger partial charge < -0.3 is 9.73 Å². The SMILES string of the molecule is Cc1ccc(SCC(=O)Nc2ccc3c(C)cc(=O)oc3c2)c(C)c1. The summed E-state index contributed by atoms with van der Waals surface area (Å²) < 4.78 is 5.21. The third kappa shape index (κ3) is 4.12. The van der Waals surface area contributed by atoms with E-state index in [1.807, 2.05) is 45.0 Å². The number of carbonyl (C=O) groups excluding carboxylic acids is 1. The van der Waals surface area contributed by atoms with E-state index in [1.54, 1.807) is 6.07 Å². The van der Waals surface area contributed by atoms with Crippen molar-refractivity contribution in [2.45, 2.75) is 25.7 Å². The summed E-state index contributed by atoms with van der Waals surface area (Å²) in [5.41, 5.74) is 3.94. The minimum absolute atomic E-state index is 0.0978. The Bertz CT molecular complexity index is 1010. The van der Waals surface area contributed by atoms with Crippen LogP contribution < -0.4 is 10.9 Å². The molecule has 0 saturated carbocycles. The van der Waals surface area contributed by atoms with Gasteiger partial charge in [-0.05, 0) is 50.1 Å². The second-order valence-corrected chi connectivity index (χ2v) is 7.08. The Morgan fingerprint density at radius 3 is 2.60 bits per heavy atom. The highest BCUT2D eigenvalue weighted by Crippen LogP contribution is 2.24. The van der Waals surface area contributed by atoms with Crippen LogP contribution in [0.3, 0.4) is 0 Å². The van der Waals surface area contributed by atoms with Crippen LogP contribution in [-0.2, 0) is 4.79 Å². The van der Waals surface area contributed by atoms with Crippen LogP contribution in [0.25, 0.3) is 11.0 Å². The zero-order chi connectivity index (χ0) is 18.0. The first-order chi connectivity index (χ1) is 11.9. The number of nitrogens with one attached hydrogen (secondary N) is 1. The van der Waals surface area contributed by atoms with Crippen molar-refractivity contribution in [2.75, 3.05) is 11.1 Å². The zero-order valence-electron chi connectivity index (χ0n) is 14.4. The number of fused-ring (bicyclic) bond motifs is 1.